The van der Waals surface area contributed by atoms with Gasteiger partial charge in [-0.15, -0.1) is 0 Å². The number of rotatable bonds is 6. The monoisotopic (exact) mass is 273 g/mol. The molecule has 0 fully saturated rings. The predicted octanol–water partition coefficient (Wildman–Crippen LogP) is 2.22. The number of nitrogens with one attached hydrogen (secondary N) is 1. The van der Waals surface area contributed by atoms with Gasteiger partial charge < -0.3 is 20.3 Å². The maximum absolute atomic E-state index is 10.0. The third-order valence-electron chi connectivity index (χ3n) is 3.12. The largest absolute Gasteiger partial charge is 0.508 e. The molecule has 2 rings (SSSR count). The van der Waals surface area contributed by atoms with Crippen molar-refractivity contribution in [2.45, 2.75) is 12.6 Å². The Morgan fingerprint density at radius 3 is 2.60 bits per heavy atom. The summed E-state index contributed by atoms with van der Waals surface area (Å²) in [5.41, 5.74) is 1.61. The van der Waals surface area contributed by atoms with Crippen LogP contribution in [0.4, 0.5) is 0 Å². The van der Waals surface area contributed by atoms with Crippen LogP contribution in [0.25, 0.3) is 0 Å². The van der Waals surface area contributed by atoms with E-state index in [9.17, 15) is 10.2 Å². The standard InChI is InChI=1S/C16H19NO3/c1-20-14-7-8-15(18)13(9-14)10-17-11-16(19)12-5-3-2-4-6-12/h2-9,16-19H,10-11H2,1H3. The highest BCUT2D eigenvalue weighted by Crippen LogP contribution is 2.22. The Hall–Kier alpha value is -2.04. The van der Waals surface area contributed by atoms with E-state index >= 15 is 0 Å². The molecular formula is C16H19NO3. The first-order chi connectivity index (χ1) is 9.70. The van der Waals surface area contributed by atoms with Crippen LogP contribution in [-0.2, 0) is 6.54 Å². The molecule has 20 heavy (non-hydrogen) atoms. The Balaban J connectivity index is 1.90. The maximum atomic E-state index is 10.0. The Kier molecular flexibility index (Phi) is 4.98. The quantitative estimate of drug-likeness (QED) is 0.755. The molecule has 0 aliphatic rings. The van der Waals surface area contributed by atoms with Crippen molar-refractivity contribution in [1.29, 1.82) is 0 Å². The molecular weight excluding hydrogens is 254 g/mol. The Morgan fingerprint density at radius 1 is 1.15 bits per heavy atom. The molecule has 0 saturated carbocycles. The summed E-state index contributed by atoms with van der Waals surface area (Å²) in [7, 11) is 1.59. The van der Waals surface area contributed by atoms with Crippen LogP contribution in [0.1, 0.15) is 17.2 Å². The lowest BCUT2D eigenvalue weighted by molar-refractivity contribution is 0.174. The molecule has 0 aromatic heterocycles. The van der Waals surface area contributed by atoms with Gasteiger partial charge in [0.15, 0.2) is 0 Å². The van der Waals surface area contributed by atoms with Crippen LogP contribution in [0.15, 0.2) is 48.5 Å². The van der Waals surface area contributed by atoms with Gasteiger partial charge in [0.1, 0.15) is 11.5 Å². The van der Waals surface area contributed by atoms with Crippen molar-refractivity contribution >= 4 is 0 Å². The zero-order chi connectivity index (χ0) is 14.4. The molecule has 0 saturated heterocycles. The predicted molar refractivity (Wildman–Crippen MR) is 77.8 cm³/mol. The van der Waals surface area contributed by atoms with Crippen molar-refractivity contribution in [3.8, 4) is 11.5 Å². The number of phenols is 1. The van der Waals surface area contributed by atoms with Crippen LogP contribution in [0.5, 0.6) is 11.5 Å². The van der Waals surface area contributed by atoms with Crippen molar-refractivity contribution in [3.63, 3.8) is 0 Å². The van der Waals surface area contributed by atoms with Gasteiger partial charge in [-0.2, -0.15) is 0 Å². The van der Waals surface area contributed by atoms with Crippen LogP contribution in [-0.4, -0.2) is 23.9 Å². The van der Waals surface area contributed by atoms with E-state index in [1.165, 1.54) is 0 Å². The van der Waals surface area contributed by atoms with Crippen molar-refractivity contribution in [1.82, 2.24) is 5.32 Å². The minimum atomic E-state index is -0.566. The van der Waals surface area contributed by atoms with Gasteiger partial charge in [0.2, 0.25) is 0 Å². The highest BCUT2D eigenvalue weighted by Gasteiger charge is 2.07. The van der Waals surface area contributed by atoms with Crippen LogP contribution in [0.3, 0.4) is 0 Å². The third-order valence-corrected chi connectivity index (χ3v) is 3.12. The molecule has 1 unspecified atom stereocenters. The fourth-order valence-electron chi connectivity index (χ4n) is 1.97. The number of ether oxygens (including phenoxy) is 1. The van der Waals surface area contributed by atoms with Gasteiger partial charge in [-0.1, -0.05) is 30.3 Å². The molecule has 2 aromatic rings. The number of aromatic hydroxyl groups is 1. The van der Waals surface area contributed by atoms with Crippen LogP contribution >= 0.6 is 0 Å². The third kappa shape index (κ3) is 3.73. The molecule has 0 aliphatic carbocycles. The molecule has 1 atom stereocenters. The lowest BCUT2D eigenvalue weighted by Gasteiger charge is -2.13. The van der Waals surface area contributed by atoms with Gasteiger partial charge in [-0.05, 0) is 23.8 Å². The van der Waals surface area contributed by atoms with Gasteiger partial charge in [-0.3, -0.25) is 0 Å². The number of methoxy groups -OCH3 is 1. The van der Waals surface area contributed by atoms with Crippen LogP contribution in [0, 0.1) is 0 Å². The summed E-state index contributed by atoms with van der Waals surface area (Å²) >= 11 is 0. The molecule has 0 heterocycles. The summed E-state index contributed by atoms with van der Waals surface area (Å²) in [5, 5.41) is 22.9. The van der Waals surface area contributed by atoms with E-state index in [1.807, 2.05) is 30.3 Å². The van der Waals surface area contributed by atoms with Gasteiger partial charge in [0, 0.05) is 18.7 Å². The summed E-state index contributed by atoms with van der Waals surface area (Å²) in [6, 6.07) is 14.6. The van der Waals surface area contributed by atoms with Crippen molar-refractivity contribution < 1.29 is 14.9 Å². The zero-order valence-electron chi connectivity index (χ0n) is 11.4. The molecule has 106 valence electrons. The molecule has 0 amide bonds. The van der Waals surface area contributed by atoms with E-state index in [0.717, 1.165) is 11.1 Å². The number of hydrogen-bond donors (Lipinski definition) is 3. The summed E-state index contributed by atoms with van der Waals surface area (Å²) < 4.78 is 5.12. The number of benzene rings is 2. The Morgan fingerprint density at radius 2 is 1.90 bits per heavy atom. The smallest absolute Gasteiger partial charge is 0.120 e. The number of aliphatic hydroxyl groups excluding tert-OH is 1. The Labute approximate surface area is 118 Å². The molecule has 0 radical (unpaired) electrons. The van der Waals surface area contributed by atoms with Gasteiger partial charge in [0.05, 0.1) is 13.2 Å². The van der Waals surface area contributed by atoms with Crippen molar-refractivity contribution in [2.24, 2.45) is 0 Å². The first-order valence-corrected chi connectivity index (χ1v) is 6.50. The van der Waals surface area contributed by atoms with E-state index in [2.05, 4.69) is 5.32 Å². The van der Waals surface area contributed by atoms with E-state index in [0.29, 0.717) is 18.8 Å². The van der Waals surface area contributed by atoms with Crippen molar-refractivity contribution in [3.05, 3.63) is 59.7 Å². The van der Waals surface area contributed by atoms with Crippen molar-refractivity contribution in [2.75, 3.05) is 13.7 Å². The summed E-state index contributed by atoms with van der Waals surface area (Å²) in [4.78, 5) is 0. The highest BCUT2D eigenvalue weighted by atomic mass is 16.5. The SMILES string of the molecule is COc1ccc(O)c(CNCC(O)c2ccccc2)c1. The van der Waals surface area contributed by atoms with E-state index in [4.69, 9.17) is 4.74 Å². The zero-order valence-corrected chi connectivity index (χ0v) is 11.4. The van der Waals surface area contributed by atoms with E-state index in [1.54, 1.807) is 25.3 Å². The Bertz CT molecular complexity index is 543. The second-order valence-electron chi connectivity index (χ2n) is 4.55. The summed E-state index contributed by atoms with van der Waals surface area (Å²) in [6.45, 7) is 0.883. The van der Waals surface area contributed by atoms with E-state index in [-0.39, 0.29) is 5.75 Å². The minimum absolute atomic E-state index is 0.215. The second kappa shape index (κ2) is 6.93. The second-order valence-corrected chi connectivity index (χ2v) is 4.55. The summed E-state index contributed by atoms with van der Waals surface area (Å²) in [6.07, 6.45) is -0.566. The van der Waals surface area contributed by atoms with Gasteiger partial charge in [-0.25, -0.2) is 0 Å². The minimum Gasteiger partial charge on any atom is -0.508 e. The summed E-state index contributed by atoms with van der Waals surface area (Å²) in [5.74, 6) is 0.913. The molecule has 3 N–H and O–H groups in total. The maximum Gasteiger partial charge on any atom is 0.120 e. The highest BCUT2D eigenvalue weighted by molar-refractivity contribution is 5.39. The lowest BCUT2D eigenvalue weighted by atomic mass is 10.1. The molecule has 2 aromatic carbocycles. The normalized spacial score (nSPS) is 12.1. The van der Waals surface area contributed by atoms with Crippen LogP contribution in [0.2, 0.25) is 0 Å². The number of aliphatic hydroxyl groups is 1. The fourth-order valence-corrected chi connectivity index (χ4v) is 1.97. The average molecular weight is 273 g/mol. The molecule has 0 spiro atoms. The molecule has 0 bridgehead atoms. The van der Waals surface area contributed by atoms with Crippen LogP contribution < -0.4 is 10.1 Å². The molecule has 0 aliphatic heterocycles. The first kappa shape index (κ1) is 14.4. The molecule has 4 heteroatoms. The fraction of sp³-hybridized carbons (Fsp3) is 0.250. The topological polar surface area (TPSA) is 61.7 Å². The van der Waals surface area contributed by atoms with Gasteiger partial charge >= 0.3 is 0 Å². The average Bonchev–Trinajstić information content (AvgIpc) is 2.50. The first-order valence-electron chi connectivity index (χ1n) is 6.50. The van der Waals surface area contributed by atoms with E-state index < -0.39 is 6.10 Å². The molecule has 4 nitrogen and oxygen atoms in total. The lowest BCUT2D eigenvalue weighted by Crippen LogP contribution is -2.21. The number of phenolic OH excluding ortho intramolecular Hbond substituents is 1. The number of hydrogen-bond acceptors (Lipinski definition) is 4. The van der Waals surface area contributed by atoms with Gasteiger partial charge in [0.25, 0.3) is 0 Å².